The maximum atomic E-state index is 13.3. The Balaban J connectivity index is 1.60. The smallest absolute Gasteiger partial charge is 0.335 e. The fraction of sp³-hybridized carbons (Fsp3) is 0.111. The van der Waals surface area contributed by atoms with Gasteiger partial charge in [0.25, 0.3) is 17.7 Å². The largest absolute Gasteiger partial charge is 0.483 e. The lowest BCUT2D eigenvalue weighted by Crippen LogP contribution is -2.54. The molecule has 1 aliphatic heterocycles. The van der Waals surface area contributed by atoms with Crippen molar-refractivity contribution in [2.75, 3.05) is 16.8 Å². The molecule has 2 N–H and O–H groups in total. The Morgan fingerprint density at radius 2 is 1.76 bits per heavy atom. The second kappa shape index (κ2) is 10.9. The first-order valence-electron chi connectivity index (χ1n) is 11.1. The summed E-state index contributed by atoms with van der Waals surface area (Å²) in [5.74, 6) is -1.95. The molecule has 5 amide bonds. The van der Waals surface area contributed by atoms with E-state index in [1.54, 1.807) is 48.5 Å². The van der Waals surface area contributed by atoms with Crippen molar-refractivity contribution in [1.82, 2.24) is 5.32 Å². The number of amides is 5. The Morgan fingerprint density at radius 3 is 2.49 bits per heavy atom. The van der Waals surface area contributed by atoms with E-state index >= 15 is 0 Å². The van der Waals surface area contributed by atoms with E-state index in [-0.39, 0.29) is 23.5 Å². The molecule has 0 spiro atoms. The van der Waals surface area contributed by atoms with Gasteiger partial charge in [0.15, 0.2) is 6.61 Å². The van der Waals surface area contributed by atoms with Crippen molar-refractivity contribution in [3.05, 3.63) is 93.0 Å². The number of imide groups is 2. The molecular formula is C27H21Cl2N3O5. The lowest BCUT2D eigenvalue weighted by atomic mass is 10.0. The number of aryl methyl sites for hydroxylation is 2. The second-order valence-corrected chi connectivity index (χ2v) is 9.07. The predicted octanol–water partition coefficient (Wildman–Crippen LogP) is 5.29. The highest BCUT2D eigenvalue weighted by molar-refractivity contribution is 6.39. The van der Waals surface area contributed by atoms with Crippen LogP contribution in [0.3, 0.4) is 0 Å². The summed E-state index contributed by atoms with van der Waals surface area (Å²) in [5.41, 5.74) is 2.58. The first-order valence-corrected chi connectivity index (χ1v) is 11.8. The molecule has 0 aromatic heterocycles. The van der Waals surface area contributed by atoms with Crippen LogP contribution in [0, 0.1) is 13.8 Å². The summed E-state index contributed by atoms with van der Waals surface area (Å²) in [6, 6.07) is 15.5. The summed E-state index contributed by atoms with van der Waals surface area (Å²) < 4.78 is 5.66. The summed E-state index contributed by atoms with van der Waals surface area (Å²) >= 11 is 12.2. The highest BCUT2D eigenvalue weighted by Gasteiger charge is 2.37. The van der Waals surface area contributed by atoms with Crippen LogP contribution in [0.2, 0.25) is 10.0 Å². The maximum Gasteiger partial charge on any atom is 0.335 e. The van der Waals surface area contributed by atoms with Crippen LogP contribution in [0.1, 0.15) is 16.7 Å². The molecule has 3 aromatic rings. The number of barbiturate groups is 1. The minimum absolute atomic E-state index is 0.196. The zero-order chi connectivity index (χ0) is 26.7. The molecular weight excluding hydrogens is 517 g/mol. The fourth-order valence-electron chi connectivity index (χ4n) is 3.57. The number of rotatable bonds is 6. The van der Waals surface area contributed by atoms with E-state index in [9.17, 15) is 19.2 Å². The quantitative estimate of drug-likeness (QED) is 0.328. The van der Waals surface area contributed by atoms with Gasteiger partial charge in [-0.05, 0) is 73.5 Å². The molecule has 0 unspecified atom stereocenters. The maximum absolute atomic E-state index is 13.3. The third-order valence-electron chi connectivity index (χ3n) is 5.63. The molecule has 1 aliphatic rings. The van der Waals surface area contributed by atoms with Crippen molar-refractivity contribution < 1.29 is 23.9 Å². The summed E-state index contributed by atoms with van der Waals surface area (Å²) in [6.07, 6.45) is 1.27. The van der Waals surface area contributed by atoms with Crippen LogP contribution in [-0.4, -0.2) is 30.4 Å². The van der Waals surface area contributed by atoms with Gasteiger partial charge in [-0.25, -0.2) is 9.69 Å². The second-order valence-electron chi connectivity index (χ2n) is 8.23. The summed E-state index contributed by atoms with van der Waals surface area (Å²) in [5, 5.41) is 5.52. The molecule has 0 bridgehead atoms. The Kier molecular flexibility index (Phi) is 7.61. The van der Waals surface area contributed by atoms with Crippen molar-refractivity contribution in [3.63, 3.8) is 0 Å². The minimum Gasteiger partial charge on any atom is -0.483 e. The SMILES string of the molecule is Cc1ccc(N2C(=O)NC(=O)/C(=C/c3cc(Cl)ccc3OCC(=O)Nc3ccccc3Cl)C2=O)cc1C. The normalized spacial score (nSPS) is 14.5. The number of nitrogens with one attached hydrogen (secondary N) is 2. The number of para-hydroxylation sites is 1. The van der Waals surface area contributed by atoms with E-state index in [0.717, 1.165) is 16.0 Å². The fourth-order valence-corrected chi connectivity index (χ4v) is 3.93. The molecule has 188 valence electrons. The van der Waals surface area contributed by atoms with E-state index < -0.39 is 23.8 Å². The van der Waals surface area contributed by atoms with Gasteiger partial charge in [0, 0.05) is 10.6 Å². The zero-order valence-electron chi connectivity index (χ0n) is 19.8. The van der Waals surface area contributed by atoms with Crippen molar-refractivity contribution in [3.8, 4) is 5.75 Å². The summed E-state index contributed by atoms with van der Waals surface area (Å²) in [6.45, 7) is 3.38. The van der Waals surface area contributed by atoms with Crippen LogP contribution >= 0.6 is 23.2 Å². The molecule has 0 aliphatic carbocycles. The monoisotopic (exact) mass is 537 g/mol. The van der Waals surface area contributed by atoms with E-state index in [1.807, 2.05) is 13.8 Å². The molecule has 0 radical (unpaired) electrons. The molecule has 0 atom stereocenters. The number of hydrogen-bond donors (Lipinski definition) is 2. The van der Waals surface area contributed by atoms with Gasteiger partial charge in [-0.3, -0.25) is 19.7 Å². The number of nitrogens with zero attached hydrogens (tertiary/aromatic N) is 1. The third-order valence-corrected chi connectivity index (χ3v) is 6.19. The lowest BCUT2D eigenvalue weighted by molar-refractivity contribution is -0.122. The van der Waals surface area contributed by atoms with Gasteiger partial charge in [-0.2, -0.15) is 0 Å². The highest BCUT2D eigenvalue weighted by atomic mass is 35.5. The van der Waals surface area contributed by atoms with Crippen molar-refractivity contribution in [1.29, 1.82) is 0 Å². The van der Waals surface area contributed by atoms with Crippen LogP contribution in [-0.2, 0) is 14.4 Å². The number of urea groups is 1. The Hall–Kier alpha value is -4.14. The van der Waals surface area contributed by atoms with E-state index in [0.29, 0.717) is 21.4 Å². The van der Waals surface area contributed by atoms with Crippen LogP contribution in [0.4, 0.5) is 16.2 Å². The Labute approximate surface area is 222 Å². The van der Waals surface area contributed by atoms with E-state index in [4.69, 9.17) is 27.9 Å². The molecule has 4 rings (SSSR count). The molecule has 1 saturated heterocycles. The van der Waals surface area contributed by atoms with Crippen LogP contribution < -0.4 is 20.3 Å². The molecule has 1 fully saturated rings. The standard InChI is InChI=1S/C27H21Cl2N3O5/c1-15-7-9-19(11-16(15)2)32-26(35)20(25(34)31-27(32)36)13-17-12-18(28)8-10-23(17)37-14-24(33)30-22-6-4-3-5-21(22)29/h3-13H,14H2,1-2H3,(H,30,33)(H,31,34,36)/b20-13-. The Morgan fingerprint density at radius 1 is 1.00 bits per heavy atom. The molecule has 10 heteroatoms. The molecule has 1 heterocycles. The van der Waals surface area contributed by atoms with Gasteiger partial charge in [-0.1, -0.05) is 41.4 Å². The van der Waals surface area contributed by atoms with Gasteiger partial charge in [0.1, 0.15) is 11.3 Å². The number of hydrogen-bond acceptors (Lipinski definition) is 5. The van der Waals surface area contributed by atoms with Crippen molar-refractivity contribution in [2.45, 2.75) is 13.8 Å². The lowest BCUT2D eigenvalue weighted by Gasteiger charge is -2.27. The number of anilines is 2. The van der Waals surface area contributed by atoms with Gasteiger partial charge < -0.3 is 10.1 Å². The first-order chi connectivity index (χ1) is 17.6. The minimum atomic E-state index is -0.863. The third kappa shape index (κ3) is 5.82. The average molecular weight is 538 g/mol. The van der Waals surface area contributed by atoms with Crippen LogP contribution in [0.25, 0.3) is 6.08 Å². The van der Waals surface area contributed by atoms with E-state index in [1.165, 1.54) is 18.2 Å². The number of ether oxygens (including phenoxy) is 1. The summed E-state index contributed by atoms with van der Waals surface area (Å²) in [7, 11) is 0. The predicted molar refractivity (Wildman–Crippen MR) is 142 cm³/mol. The molecule has 3 aromatic carbocycles. The first kappa shape index (κ1) is 25.9. The average Bonchev–Trinajstić information content (AvgIpc) is 2.84. The van der Waals surface area contributed by atoms with Gasteiger partial charge in [0.05, 0.1) is 16.4 Å². The van der Waals surface area contributed by atoms with E-state index in [2.05, 4.69) is 10.6 Å². The van der Waals surface area contributed by atoms with Crippen molar-refractivity contribution in [2.24, 2.45) is 0 Å². The number of carbonyl (C=O) groups is 4. The summed E-state index contributed by atoms with van der Waals surface area (Å²) in [4.78, 5) is 51.7. The Bertz CT molecular complexity index is 1470. The van der Waals surface area contributed by atoms with Gasteiger partial charge in [-0.15, -0.1) is 0 Å². The van der Waals surface area contributed by atoms with Gasteiger partial charge >= 0.3 is 6.03 Å². The topological polar surface area (TPSA) is 105 Å². The number of halogens is 2. The molecule has 8 nitrogen and oxygen atoms in total. The zero-order valence-corrected chi connectivity index (χ0v) is 21.3. The highest BCUT2D eigenvalue weighted by Crippen LogP contribution is 2.29. The molecule has 37 heavy (non-hydrogen) atoms. The molecule has 0 saturated carbocycles. The number of benzene rings is 3. The van der Waals surface area contributed by atoms with Gasteiger partial charge in [0.2, 0.25) is 0 Å². The van der Waals surface area contributed by atoms with Crippen molar-refractivity contribution >= 4 is 64.4 Å². The number of carbonyl (C=O) groups excluding carboxylic acids is 4. The van der Waals surface area contributed by atoms with Crippen LogP contribution in [0.15, 0.2) is 66.2 Å². The van der Waals surface area contributed by atoms with Crippen LogP contribution in [0.5, 0.6) is 5.75 Å².